The Morgan fingerprint density at radius 3 is 2.71 bits per heavy atom. The molecule has 1 aromatic rings. The normalized spacial score (nSPS) is 9.93. The van der Waals surface area contributed by atoms with E-state index in [0.29, 0.717) is 6.42 Å². The van der Waals surface area contributed by atoms with Crippen LogP contribution in [0.4, 0.5) is 0 Å². The maximum absolute atomic E-state index is 10.2. The third kappa shape index (κ3) is 2.58. The Hall–Kier alpha value is -0.830. The standard InChI is InChI=1S/C11H13BrO2/c1-8-6-9(4-3-5-13)7-10(12)11(8)14-2/h5-7H,3-4H2,1-2H3. The molecule has 0 saturated heterocycles. The van der Waals surface area contributed by atoms with E-state index in [1.165, 1.54) is 0 Å². The van der Waals surface area contributed by atoms with Crippen molar-refractivity contribution in [1.82, 2.24) is 0 Å². The fraction of sp³-hybridized carbons (Fsp3) is 0.364. The smallest absolute Gasteiger partial charge is 0.135 e. The first kappa shape index (κ1) is 11.2. The third-order valence-electron chi connectivity index (χ3n) is 2.04. The van der Waals surface area contributed by atoms with Gasteiger partial charge in [0.1, 0.15) is 12.0 Å². The van der Waals surface area contributed by atoms with Crippen molar-refractivity contribution in [3.63, 3.8) is 0 Å². The summed E-state index contributed by atoms with van der Waals surface area (Å²) in [5, 5.41) is 0. The molecule has 14 heavy (non-hydrogen) atoms. The second-order valence-corrected chi connectivity index (χ2v) is 3.99. The number of halogens is 1. The minimum atomic E-state index is 0.568. The molecule has 0 N–H and O–H groups in total. The van der Waals surface area contributed by atoms with Crippen LogP contribution in [0.3, 0.4) is 0 Å². The number of rotatable bonds is 4. The topological polar surface area (TPSA) is 26.3 Å². The van der Waals surface area contributed by atoms with Crippen molar-refractivity contribution < 1.29 is 9.53 Å². The van der Waals surface area contributed by atoms with Gasteiger partial charge in [0.25, 0.3) is 0 Å². The number of aryl methyl sites for hydroxylation is 2. The van der Waals surface area contributed by atoms with Crippen LogP contribution in [0.25, 0.3) is 0 Å². The SMILES string of the molecule is COc1c(C)cc(CCC=O)cc1Br. The molecule has 0 radical (unpaired) electrons. The molecule has 0 fully saturated rings. The first-order chi connectivity index (χ1) is 6.69. The third-order valence-corrected chi connectivity index (χ3v) is 2.63. The highest BCUT2D eigenvalue weighted by Crippen LogP contribution is 2.30. The quantitative estimate of drug-likeness (QED) is 0.775. The van der Waals surface area contributed by atoms with Crippen molar-refractivity contribution in [3.05, 3.63) is 27.7 Å². The Morgan fingerprint density at radius 1 is 1.50 bits per heavy atom. The minimum Gasteiger partial charge on any atom is -0.495 e. The Balaban J connectivity index is 2.95. The van der Waals surface area contributed by atoms with Gasteiger partial charge in [-0.15, -0.1) is 0 Å². The molecular formula is C11H13BrO2. The first-order valence-electron chi connectivity index (χ1n) is 4.45. The molecule has 0 atom stereocenters. The largest absolute Gasteiger partial charge is 0.495 e. The molecule has 0 amide bonds. The predicted molar refractivity (Wildman–Crippen MR) is 59.8 cm³/mol. The summed E-state index contributed by atoms with van der Waals surface area (Å²) in [7, 11) is 1.65. The summed E-state index contributed by atoms with van der Waals surface area (Å²) in [6.07, 6.45) is 2.29. The maximum Gasteiger partial charge on any atom is 0.135 e. The van der Waals surface area contributed by atoms with Gasteiger partial charge < -0.3 is 9.53 Å². The molecule has 0 aliphatic rings. The van der Waals surface area contributed by atoms with Crippen LogP contribution in [0.5, 0.6) is 5.75 Å². The molecule has 3 heteroatoms. The second kappa shape index (κ2) is 5.15. The van der Waals surface area contributed by atoms with E-state index in [2.05, 4.69) is 15.9 Å². The number of hydrogen-bond donors (Lipinski definition) is 0. The van der Waals surface area contributed by atoms with Gasteiger partial charge >= 0.3 is 0 Å². The van der Waals surface area contributed by atoms with Gasteiger partial charge in [-0.1, -0.05) is 6.07 Å². The van der Waals surface area contributed by atoms with Gasteiger partial charge in [-0.2, -0.15) is 0 Å². The molecular weight excluding hydrogens is 244 g/mol. The van der Waals surface area contributed by atoms with Crippen LogP contribution < -0.4 is 4.74 Å². The molecule has 0 aliphatic heterocycles. The summed E-state index contributed by atoms with van der Waals surface area (Å²) in [4.78, 5) is 10.2. The molecule has 0 bridgehead atoms. The molecule has 2 nitrogen and oxygen atoms in total. The Morgan fingerprint density at radius 2 is 2.21 bits per heavy atom. The molecule has 0 aliphatic carbocycles. The summed E-state index contributed by atoms with van der Waals surface area (Å²) < 4.78 is 6.16. The zero-order valence-corrected chi connectivity index (χ0v) is 9.93. The fourth-order valence-electron chi connectivity index (χ4n) is 1.43. The molecule has 0 saturated carbocycles. The van der Waals surface area contributed by atoms with Crippen LogP contribution in [-0.4, -0.2) is 13.4 Å². The average Bonchev–Trinajstić information content (AvgIpc) is 2.14. The van der Waals surface area contributed by atoms with E-state index in [4.69, 9.17) is 4.74 Å². The number of carbonyl (C=O) groups is 1. The molecule has 1 aromatic carbocycles. The summed E-state index contributed by atoms with van der Waals surface area (Å²) in [6, 6.07) is 4.04. The monoisotopic (exact) mass is 256 g/mol. The average molecular weight is 257 g/mol. The molecule has 76 valence electrons. The second-order valence-electron chi connectivity index (χ2n) is 3.13. The lowest BCUT2D eigenvalue weighted by Crippen LogP contribution is -1.93. The van der Waals surface area contributed by atoms with Crippen LogP contribution in [0.15, 0.2) is 16.6 Å². The minimum absolute atomic E-state index is 0.568. The van der Waals surface area contributed by atoms with Crippen LogP contribution in [0, 0.1) is 6.92 Å². The van der Waals surface area contributed by atoms with E-state index >= 15 is 0 Å². The number of ether oxygens (including phenoxy) is 1. The van der Waals surface area contributed by atoms with E-state index in [-0.39, 0.29) is 0 Å². The van der Waals surface area contributed by atoms with Crippen molar-refractivity contribution in [3.8, 4) is 5.75 Å². The van der Waals surface area contributed by atoms with Crippen LogP contribution in [0.2, 0.25) is 0 Å². The zero-order chi connectivity index (χ0) is 10.6. The number of methoxy groups -OCH3 is 1. The molecule has 0 heterocycles. The number of hydrogen-bond acceptors (Lipinski definition) is 2. The van der Waals surface area contributed by atoms with Crippen LogP contribution >= 0.6 is 15.9 Å². The summed E-state index contributed by atoms with van der Waals surface area (Å²) in [6.45, 7) is 1.99. The lowest BCUT2D eigenvalue weighted by Gasteiger charge is -2.09. The first-order valence-corrected chi connectivity index (χ1v) is 5.25. The fourth-order valence-corrected chi connectivity index (χ4v) is 2.20. The van der Waals surface area contributed by atoms with E-state index in [1.54, 1.807) is 7.11 Å². The molecule has 0 unspecified atom stereocenters. The van der Waals surface area contributed by atoms with Crippen LogP contribution in [0.1, 0.15) is 17.5 Å². The maximum atomic E-state index is 10.2. The van der Waals surface area contributed by atoms with Crippen LogP contribution in [-0.2, 0) is 11.2 Å². The number of benzene rings is 1. The van der Waals surface area contributed by atoms with Gasteiger partial charge in [0.05, 0.1) is 11.6 Å². The van der Waals surface area contributed by atoms with Crippen molar-refractivity contribution in [2.24, 2.45) is 0 Å². The highest BCUT2D eigenvalue weighted by Gasteiger charge is 2.05. The number of aldehydes is 1. The van der Waals surface area contributed by atoms with E-state index in [9.17, 15) is 4.79 Å². The van der Waals surface area contributed by atoms with Gasteiger partial charge in [-0.3, -0.25) is 0 Å². The summed E-state index contributed by atoms with van der Waals surface area (Å²) >= 11 is 3.44. The van der Waals surface area contributed by atoms with E-state index < -0.39 is 0 Å². The van der Waals surface area contributed by atoms with Gasteiger partial charge in [0.15, 0.2) is 0 Å². The van der Waals surface area contributed by atoms with Crippen molar-refractivity contribution in [2.45, 2.75) is 19.8 Å². The Kier molecular flexibility index (Phi) is 4.14. The summed E-state index contributed by atoms with van der Waals surface area (Å²) in [5.41, 5.74) is 2.24. The lowest BCUT2D eigenvalue weighted by molar-refractivity contribution is -0.107. The van der Waals surface area contributed by atoms with Gasteiger partial charge in [0.2, 0.25) is 0 Å². The van der Waals surface area contributed by atoms with Gasteiger partial charge in [-0.25, -0.2) is 0 Å². The molecule has 1 rings (SSSR count). The lowest BCUT2D eigenvalue weighted by atomic mass is 10.1. The van der Waals surface area contributed by atoms with Crippen molar-refractivity contribution in [1.29, 1.82) is 0 Å². The Bertz CT molecular complexity index is 311. The van der Waals surface area contributed by atoms with Gasteiger partial charge in [-0.05, 0) is 46.5 Å². The van der Waals surface area contributed by atoms with Crippen molar-refractivity contribution >= 4 is 22.2 Å². The number of carbonyl (C=O) groups excluding carboxylic acids is 1. The molecule has 0 aromatic heterocycles. The van der Waals surface area contributed by atoms with E-state index in [0.717, 1.165) is 34.1 Å². The summed E-state index contributed by atoms with van der Waals surface area (Å²) in [5.74, 6) is 0.861. The predicted octanol–water partition coefficient (Wildman–Crippen LogP) is 2.90. The Labute approximate surface area is 92.4 Å². The zero-order valence-electron chi connectivity index (χ0n) is 8.34. The highest BCUT2D eigenvalue weighted by atomic mass is 79.9. The van der Waals surface area contributed by atoms with Gasteiger partial charge in [0, 0.05) is 6.42 Å². The molecule has 0 spiro atoms. The highest BCUT2D eigenvalue weighted by molar-refractivity contribution is 9.10. The van der Waals surface area contributed by atoms with Crippen molar-refractivity contribution in [2.75, 3.05) is 7.11 Å². The van der Waals surface area contributed by atoms with E-state index in [1.807, 2.05) is 19.1 Å².